The fourth-order valence-electron chi connectivity index (χ4n) is 3.14. The van der Waals surface area contributed by atoms with Gasteiger partial charge in [-0.25, -0.2) is 0 Å². The normalized spacial score (nSPS) is 11.0. The summed E-state index contributed by atoms with van der Waals surface area (Å²) in [6, 6.07) is 25.5. The van der Waals surface area contributed by atoms with Gasteiger partial charge < -0.3 is 4.74 Å². The lowest BCUT2D eigenvalue weighted by atomic mass is 9.93. The standard InChI is InChI=1S/C21H15IO/c1-23-15-11-12-17-16-9-5-6-10-18(16)21(22)20(19(17)13-15)14-7-3-2-4-8-14/h2-13H,1H3. The molecule has 0 bridgehead atoms. The molecule has 0 unspecified atom stereocenters. The maximum atomic E-state index is 5.46. The lowest BCUT2D eigenvalue weighted by molar-refractivity contribution is 0.415. The van der Waals surface area contributed by atoms with Crippen molar-refractivity contribution in [2.75, 3.05) is 7.11 Å². The van der Waals surface area contributed by atoms with Gasteiger partial charge in [0.05, 0.1) is 7.11 Å². The summed E-state index contributed by atoms with van der Waals surface area (Å²) in [4.78, 5) is 0. The molecule has 0 N–H and O–H groups in total. The topological polar surface area (TPSA) is 9.23 Å². The average Bonchev–Trinajstić information content (AvgIpc) is 2.62. The Bertz CT molecular complexity index is 1010. The van der Waals surface area contributed by atoms with Crippen LogP contribution in [0.25, 0.3) is 32.7 Å². The Hall–Kier alpha value is -2.07. The molecule has 0 fully saturated rings. The van der Waals surface area contributed by atoms with Crippen LogP contribution in [0.15, 0.2) is 72.8 Å². The number of halogens is 1. The van der Waals surface area contributed by atoms with E-state index in [2.05, 4.69) is 89.3 Å². The summed E-state index contributed by atoms with van der Waals surface area (Å²) in [5.41, 5.74) is 2.51. The molecule has 4 aromatic carbocycles. The van der Waals surface area contributed by atoms with Gasteiger partial charge in [0.2, 0.25) is 0 Å². The molecule has 23 heavy (non-hydrogen) atoms. The van der Waals surface area contributed by atoms with Gasteiger partial charge in [-0.1, -0.05) is 60.7 Å². The van der Waals surface area contributed by atoms with Crippen LogP contribution < -0.4 is 4.74 Å². The van der Waals surface area contributed by atoms with E-state index in [0.717, 1.165) is 5.75 Å². The first kappa shape index (κ1) is 14.5. The van der Waals surface area contributed by atoms with E-state index in [1.165, 1.54) is 36.2 Å². The van der Waals surface area contributed by atoms with Crippen molar-refractivity contribution in [3.05, 3.63) is 76.4 Å². The van der Waals surface area contributed by atoms with Crippen molar-refractivity contribution in [1.29, 1.82) is 0 Å². The lowest BCUT2D eigenvalue weighted by Crippen LogP contribution is -1.91. The van der Waals surface area contributed by atoms with Crippen LogP contribution in [-0.4, -0.2) is 7.11 Å². The van der Waals surface area contributed by atoms with Gasteiger partial charge in [0.1, 0.15) is 5.75 Å². The minimum Gasteiger partial charge on any atom is -0.497 e. The molecule has 4 aromatic rings. The maximum Gasteiger partial charge on any atom is 0.119 e. The Morgan fingerprint density at radius 1 is 0.696 bits per heavy atom. The highest BCUT2D eigenvalue weighted by Crippen LogP contribution is 2.40. The van der Waals surface area contributed by atoms with Gasteiger partial charge in [-0.05, 0) is 61.8 Å². The number of ether oxygens (including phenoxy) is 1. The number of methoxy groups -OCH3 is 1. The summed E-state index contributed by atoms with van der Waals surface area (Å²) in [6.45, 7) is 0. The van der Waals surface area contributed by atoms with E-state index in [1.807, 2.05) is 6.07 Å². The largest absolute Gasteiger partial charge is 0.497 e. The molecule has 0 aliphatic rings. The van der Waals surface area contributed by atoms with E-state index in [4.69, 9.17) is 4.74 Å². The van der Waals surface area contributed by atoms with E-state index in [1.54, 1.807) is 7.11 Å². The zero-order valence-corrected chi connectivity index (χ0v) is 14.9. The minimum absolute atomic E-state index is 0.890. The van der Waals surface area contributed by atoms with E-state index in [-0.39, 0.29) is 0 Å². The smallest absolute Gasteiger partial charge is 0.119 e. The number of fused-ring (bicyclic) bond motifs is 3. The summed E-state index contributed by atoms with van der Waals surface area (Å²) in [5, 5.41) is 5.08. The molecular formula is C21H15IO. The molecule has 112 valence electrons. The average molecular weight is 410 g/mol. The first-order valence-electron chi connectivity index (χ1n) is 7.53. The summed E-state index contributed by atoms with van der Waals surface area (Å²) in [5.74, 6) is 0.890. The lowest BCUT2D eigenvalue weighted by Gasteiger charge is -2.15. The van der Waals surface area contributed by atoms with Crippen LogP contribution in [0.1, 0.15) is 0 Å². The molecule has 0 heterocycles. The maximum absolute atomic E-state index is 5.46. The number of benzene rings is 4. The van der Waals surface area contributed by atoms with Gasteiger partial charge in [0, 0.05) is 9.13 Å². The molecule has 0 saturated heterocycles. The quantitative estimate of drug-likeness (QED) is 0.280. The Labute approximate surface area is 149 Å². The Kier molecular flexibility index (Phi) is 3.69. The predicted molar refractivity (Wildman–Crippen MR) is 106 cm³/mol. The van der Waals surface area contributed by atoms with Crippen molar-refractivity contribution in [1.82, 2.24) is 0 Å². The molecule has 4 rings (SSSR count). The molecule has 0 amide bonds. The van der Waals surface area contributed by atoms with E-state index < -0.39 is 0 Å². The van der Waals surface area contributed by atoms with Crippen molar-refractivity contribution < 1.29 is 4.74 Å². The number of hydrogen-bond donors (Lipinski definition) is 0. The Morgan fingerprint density at radius 3 is 2.09 bits per heavy atom. The second-order valence-corrected chi connectivity index (χ2v) is 6.59. The molecule has 0 saturated carbocycles. The molecule has 0 radical (unpaired) electrons. The summed E-state index contributed by atoms with van der Waals surface area (Å²) in [7, 11) is 1.72. The monoisotopic (exact) mass is 410 g/mol. The van der Waals surface area contributed by atoms with Gasteiger partial charge >= 0.3 is 0 Å². The molecule has 0 aromatic heterocycles. The molecular weight excluding hydrogens is 395 g/mol. The van der Waals surface area contributed by atoms with Crippen molar-refractivity contribution in [3.63, 3.8) is 0 Å². The second-order valence-electron chi connectivity index (χ2n) is 5.51. The van der Waals surface area contributed by atoms with E-state index in [0.29, 0.717) is 0 Å². The van der Waals surface area contributed by atoms with Gasteiger partial charge in [-0.2, -0.15) is 0 Å². The third-order valence-electron chi connectivity index (χ3n) is 4.23. The van der Waals surface area contributed by atoms with Crippen LogP contribution in [0, 0.1) is 3.57 Å². The van der Waals surface area contributed by atoms with Crippen LogP contribution in [0.4, 0.5) is 0 Å². The zero-order chi connectivity index (χ0) is 15.8. The zero-order valence-electron chi connectivity index (χ0n) is 12.7. The van der Waals surface area contributed by atoms with Crippen LogP contribution >= 0.6 is 22.6 Å². The fourth-order valence-corrected chi connectivity index (χ4v) is 4.21. The fraction of sp³-hybridized carbons (Fsp3) is 0.0476. The van der Waals surface area contributed by atoms with Gasteiger partial charge in [0.15, 0.2) is 0 Å². The summed E-state index contributed by atoms with van der Waals surface area (Å²) < 4.78 is 6.75. The molecule has 0 spiro atoms. The Balaban J connectivity index is 2.23. The summed E-state index contributed by atoms with van der Waals surface area (Å²) >= 11 is 2.47. The highest BCUT2D eigenvalue weighted by molar-refractivity contribution is 14.1. The van der Waals surface area contributed by atoms with Gasteiger partial charge in [-0.3, -0.25) is 0 Å². The second kappa shape index (κ2) is 5.85. The number of rotatable bonds is 2. The van der Waals surface area contributed by atoms with Crippen molar-refractivity contribution in [2.45, 2.75) is 0 Å². The third kappa shape index (κ3) is 2.38. The minimum atomic E-state index is 0.890. The van der Waals surface area contributed by atoms with Gasteiger partial charge in [-0.15, -0.1) is 0 Å². The van der Waals surface area contributed by atoms with Crippen LogP contribution in [0.5, 0.6) is 5.75 Å². The highest BCUT2D eigenvalue weighted by atomic mass is 127. The number of hydrogen-bond acceptors (Lipinski definition) is 1. The SMILES string of the molecule is COc1ccc2c(c1)c(-c1ccccc1)c(I)c1ccccc12. The summed E-state index contributed by atoms with van der Waals surface area (Å²) in [6.07, 6.45) is 0. The molecule has 0 aliphatic heterocycles. The molecule has 1 nitrogen and oxygen atoms in total. The Morgan fingerprint density at radius 2 is 1.35 bits per heavy atom. The van der Waals surface area contributed by atoms with Crippen molar-refractivity contribution in [3.8, 4) is 16.9 Å². The first-order valence-corrected chi connectivity index (χ1v) is 8.61. The van der Waals surface area contributed by atoms with Crippen LogP contribution in [0.3, 0.4) is 0 Å². The van der Waals surface area contributed by atoms with Gasteiger partial charge in [0.25, 0.3) is 0 Å². The highest BCUT2D eigenvalue weighted by Gasteiger charge is 2.14. The van der Waals surface area contributed by atoms with E-state index in [9.17, 15) is 0 Å². The molecule has 0 atom stereocenters. The van der Waals surface area contributed by atoms with Crippen molar-refractivity contribution in [2.24, 2.45) is 0 Å². The van der Waals surface area contributed by atoms with Crippen LogP contribution in [-0.2, 0) is 0 Å². The van der Waals surface area contributed by atoms with Crippen LogP contribution in [0.2, 0.25) is 0 Å². The third-order valence-corrected chi connectivity index (χ3v) is 5.35. The van der Waals surface area contributed by atoms with E-state index >= 15 is 0 Å². The molecule has 0 aliphatic carbocycles. The first-order chi connectivity index (χ1) is 11.3. The predicted octanol–water partition coefficient (Wildman–Crippen LogP) is 6.27. The molecule has 2 heteroatoms. The van der Waals surface area contributed by atoms with Crippen molar-refractivity contribution >= 4 is 44.1 Å².